The number of halogens is 1. The third-order valence-electron chi connectivity index (χ3n) is 4.71. The van der Waals surface area contributed by atoms with E-state index in [0.29, 0.717) is 40.7 Å². The van der Waals surface area contributed by atoms with Gasteiger partial charge < -0.3 is 15.5 Å². The number of nitrogens with one attached hydrogen (secondary N) is 2. The second-order valence-electron chi connectivity index (χ2n) is 6.78. The van der Waals surface area contributed by atoms with Crippen LogP contribution in [0.2, 0.25) is 0 Å². The minimum absolute atomic E-state index is 0.134. The Balaban J connectivity index is 1.65. The molecule has 1 aliphatic rings. The minimum Gasteiger partial charge on any atom is -0.348 e. The third-order valence-corrected chi connectivity index (χ3v) is 5.68. The van der Waals surface area contributed by atoms with Gasteiger partial charge in [0.1, 0.15) is 10.5 Å². The lowest BCUT2D eigenvalue weighted by Gasteiger charge is -2.38. The number of amides is 1. The summed E-state index contributed by atoms with van der Waals surface area (Å²) in [5.74, 6) is -0.264. The number of likely N-dealkylation sites (tertiary alicyclic amines) is 1. The molecule has 3 aromatic heterocycles. The quantitative estimate of drug-likeness (QED) is 0.676. The van der Waals surface area contributed by atoms with Gasteiger partial charge in [0.25, 0.3) is 5.91 Å². The van der Waals surface area contributed by atoms with Gasteiger partial charge in [0, 0.05) is 25.3 Å². The smallest absolute Gasteiger partial charge is 0.274 e. The molecule has 4 rings (SSSR count). The fourth-order valence-corrected chi connectivity index (χ4v) is 3.90. The Morgan fingerprint density at radius 1 is 1.32 bits per heavy atom. The van der Waals surface area contributed by atoms with Crippen LogP contribution in [0, 0.1) is 12.7 Å². The van der Waals surface area contributed by atoms with Crippen LogP contribution in [0.5, 0.6) is 0 Å². The lowest BCUT2D eigenvalue weighted by Crippen LogP contribution is -2.59. The number of carbonyl (C=O) groups excluding carboxylic acids is 1. The Hall–Kier alpha value is -2.72. The molecular weight excluding hydrogens is 381 g/mol. The number of rotatable bonds is 5. The van der Waals surface area contributed by atoms with E-state index in [9.17, 15) is 9.18 Å². The maximum absolute atomic E-state index is 13.5. The molecule has 1 atom stereocenters. The normalized spacial score (nSPS) is 15.5. The molecule has 8 nitrogen and oxygen atoms in total. The zero-order chi connectivity index (χ0) is 19.8. The molecule has 2 N–H and O–H groups in total. The number of likely N-dealkylation sites (N-methyl/N-ethyl adjacent to an activating group) is 1. The summed E-state index contributed by atoms with van der Waals surface area (Å²) in [6, 6.07) is 1.42. The molecule has 0 bridgehead atoms. The van der Waals surface area contributed by atoms with E-state index >= 15 is 0 Å². The summed E-state index contributed by atoms with van der Waals surface area (Å²) >= 11 is 1.40. The van der Waals surface area contributed by atoms with Crippen LogP contribution in [0.4, 0.5) is 10.3 Å². The molecule has 28 heavy (non-hydrogen) atoms. The van der Waals surface area contributed by atoms with Gasteiger partial charge >= 0.3 is 0 Å². The van der Waals surface area contributed by atoms with Crippen LogP contribution < -0.4 is 10.6 Å². The van der Waals surface area contributed by atoms with Crippen molar-refractivity contribution >= 4 is 33.5 Å². The molecular formula is C18H20FN7OS. The number of nitrogens with zero attached hydrogens (tertiary/aromatic N) is 5. The van der Waals surface area contributed by atoms with E-state index in [-0.39, 0.29) is 17.9 Å². The number of aromatic nitrogens is 4. The third kappa shape index (κ3) is 3.52. The van der Waals surface area contributed by atoms with E-state index in [1.807, 2.05) is 20.9 Å². The number of hydrogen-bond acceptors (Lipinski definition) is 8. The first kappa shape index (κ1) is 18.6. The number of anilines is 1. The van der Waals surface area contributed by atoms with Crippen molar-refractivity contribution in [2.24, 2.45) is 0 Å². The number of aryl methyl sites for hydroxylation is 1. The van der Waals surface area contributed by atoms with Gasteiger partial charge in [-0.05, 0) is 32.5 Å². The standard InChI is InChI=1S/C18H20FN7OS/c1-9(11-4-12(19)6-21-5-11)22-18-24-14(15-16(25-18)23-10(2)28-15)17(27)26-7-13(8-26)20-3/h4-6,9,13,20H,7-8H2,1-3H3,(H,22,24,25). The maximum atomic E-state index is 13.5. The Morgan fingerprint density at radius 2 is 2.11 bits per heavy atom. The Bertz CT molecular complexity index is 1030. The van der Waals surface area contributed by atoms with Gasteiger partial charge in [-0.3, -0.25) is 9.78 Å². The number of hydrogen-bond donors (Lipinski definition) is 2. The monoisotopic (exact) mass is 401 g/mol. The van der Waals surface area contributed by atoms with Crippen LogP contribution >= 0.6 is 11.3 Å². The lowest BCUT2D eigenvalue weighted by atomic mass is 10.1. The highest BCUT2D eigenvalue weighted by Crippen LogP contribution is 2.27. The SMILES string of the molecule is CNC1CN(C(=O)c2nc(NC(C)c3cncc(F)c3)nc3nc(C)sc23)C1. The molecule has 0 spiro atoms. The van der Waals surface area contributed by atoms with Crippen molar-refractivity contribution in [3.63, 3.8) is 0 Å². The van der Waals surface area contributed by atoms with Crippen molar-refractivity contribution in [3.05, 3.63) is 40.5 Å². The molecule has 1 unspecified atom stereocenters. The highest BCUT2D eigenvalue weighted by Gasteiger charge is 2.32. The van der Waals surface area contributed by atoms with Crippen LogP contribution in [0.3, 0.4) is 0 Å². The molecule has 4 heterocycles. The van der Waals surface area contributed by atoms with Crippen molar-refractivity contribution in [1.82, 2.24) is 30.2 Å². The Labute approximate surface area is 165 Å². The fraction of sp³-hybridized carbons (Fsp3) is 0.389. The van der Waals surface area contributed by atoms with Gasteiger partial charge in [-0.2, -0.15) is 4.98 Å². The van der Waals surface area contributed by atoms with Gasteiger partial charge in [0.05, 0.1) is 17.2 Å². The molecule has 0 radical (unpaired) electrons. The second-order valence-corrected chi connectivity index (χ2v) is 7.98. The van der Waals surface area contributed by atoms with E-state index in [0.717, 1.165) is 11.2 Å². The molecule has 0 aromatic carbocycles. The molecule has 0 saturated carbocycles. The predicted molar refractivity (Wildman–Crippen MR) is 105 cm³/mol. The van der Waals surface area contributed by atoms with Gasteiger partial charge in [-0.15, -0.1) is 11.3 Å². The van der Waals surface area contributed by atoms with Crippen LogP contribution in [0.1, 0.15) is 34.0 Å². The summed E-state index contributed by atoms with van der Waals surface area (Å²) in [5.41, 5.74) is 1.49. The van der Waals surface area contributed by atoms with E-state index in [2.05, 4.69) is 30.6 Å². The van der Waals surface area contributed by atoms with Crippen LogP contribution in [-0.4, -0.2) is 56.9 Å². The molecule has 10 heteroatoms. The summed E-state index contributed by atoms with van der Waals surface area (Å²) in [5, 5.41) is 7.10. The average Bonchev–Trinajstić information content (AvgIpc) is 3.00. The molecule has 1 saturated heterocycles. The Kier molecular flexibility index (Phi) is 4.90. The number of thiazole rings is 1. The van der Waals surface area contributed by atoms with Crippen LogP contribution in [-0.2, 0) is 0 Å². The molecule has 3 aromatic rings. The molecule has 1 amide bonds. The van der Waals surface area contributed by atoms with Crippen molar-refractivity contribution < 1.29 is 9.18 Å². The lowest BCUT2D eigenvalue weighted by molar-refractivity contribution is 0.0573. The topological polar surface area (TPSA) is 95.9 Å². The first-order valence-electron chi connectivity index (χ1n) is 8.93. The van der Waals surface area contributed by atoms with Crippen LogP contribution in [0.25, 0.3) is 10.3 Å². The van der Waals surface area contributed by atoms with Gasteiger partial charge in [0.15, 0.2) is 11.3 Å². The van der Waals surface area contributed by atoms with Crippen molar-refractivity contribution in [1.29, 1.82) is 0 Å². The molecule has 1 aliphatic heterocycles. The Morgan fingerprint density at radius 3 is 2.82 bits per heavy atom. The molecule has 146 valence electrons. The summed E-state index contributed by atoms with van der Waals surface area (Å²) < 4.78 is 14.1. The van der Waals surface area contributed by atoms with Crippen molar-refractivity contribution in [2.45, 2.75) is 25.9 Å². The van der Waals surface area contributed by atoms with Gasteiger partial charge in [0.2, 0.25) is 5.95 Å². The van der Waals surface area contributed by atoms with Crippen molar-refractivity contribution in [2.75, 3.05) is 25.5 Å². The predicted octanol–water partition coefficient (Wildman–Crippen LogP) is 2.15. The largest absolute Gasteiger partial charge is 0.348 e. The molecule has 0 aliphatic carbocycles. The van der Waals surface area contributed by atoms with Crippen molar-refractivity contribution in [3.8, 4) is 0 Å². The highest BCUT2D eigenvalue weighted by molar-refractivity contribution is 7.18. The minimum atomic E-state index is -0.412. The van der Waals surface area contributed by atoms with Gasteiger partial charge in [-0.25, -0.2) is 14.4 Å². The summed E-state index contributed by atoms with van der Waals surface area (Å²) in [4.78, 5) is 31.9. The highest BCUT2D eigenvalue weighted by atomic mass is 32.1. The fourth-order valence-electron chi connectivity index (χ4n) is 3.06. The number of fused-ring (bicyclic) bond motifs is 1. The summed E-state index contributed by atoms with van der Waals surface area (Å²) in [6.07, 6.45) is 2.73. The first-order valence-corrected chi connectivity index (χ1v) is 9.75. The maximum Gasteiger partial charge on any atom is 0.274 e. The van der Waals surface area contributed by atoms with E-state index in [1.165, 1.54) is 17.4 Å². The number of carbonyl (C=O) groups is 1. The number of pyridine rings is 1. The average molecular weight is 401 g/mol. The van der Waals surface area contributed by atoms with E-state index < -0.39 is 5.82 Å². The van der Waals surface area contributed by atoms with Gasteiger partial charge in [-0.1, -0.05) is 0 Å². The van der Waals surface area contributed by atoms with E-state index in [1.54, 1.807) is 11.1 Å². The summed E-state index contributed by atoms with van der Waals surface area (Å²) in [6.45, 7) is 5.01. The molecule has 1 fully saturated rings. The second kappa shape index (κ2) is 7.36. The first-order chi connectivity index (χ1) is 13.4. The summed E-state index contributed by atoms with van der Waals surface area (Å²) in [7, 11) is 1.88. The van der Waals surface area contributed by atoms with Crippen LogP contribution in [0.15, 0.2) is 18.5 Å². The van der Waals surface area contributed by atoms with E-state index in [4.69, 9.17) is 0 Å². The zero-order valence-electron chi connectivity index (χ0n) is 15.7. The zero-order valence-corrected chi connectivity index (χ0v) is 16.5.